The summed E-state index contributed by atoms with van der Waals surface area (Å²) in [7, 11) is 3.20. The fraction of sp³-hybridized carbons (Fsp3) is 0.338. The van der Waals surface area contributed by atoms with Gasteiger partial charge in [0.2, 0.25) is 11.8 Å². The third-order valence-corrected chi connectivity index (χ3v) is 17.0. The Bertz CT molecular complexity index is 3430. The molecule has 0 radical (unpaired) electrons. The summed E-state index contributed by atoms with van der Waals surface area (Å²) < 4.78 is 42.2. The fourth-order valence-corrected chi connectivity index (χ4v) is 11.5. The Labute approximate surface area is 531 Å². The maximum absolute atomic E-state index is 15.4. The first-order valence-corrected chi connectivity index (χ1v) is 28.9. The van der Waals surface area contributed by atoms with Crippen LogP contribution in [0, 0.1) is 23.5 Å². The first-order valence-electron chi connectivity index (χ1n) is 28.5. The first kappa shape index (κ1) is 65.9. The molecule has 0 spiro atoms. The number of aromatic nitrogens is 3. The number of nitrogens with two attached hydrogens (primary N) is 2. The molecule has 18 nitrogen and oxygen atoms in total. The molecule has 6 atom stereocenters. The van der Waals surface area contributed by atoms with E-state index in [2.05, 4.69) is 41.1 Å². The zero-order valence-corrected chi connectivity index (χ0v) is 51.6. The molecule has 4 amide bonds. The number of anilines is 3. The van der Waals surface area contributed by atoms with Gasteiger partial charge in [-0.15, -0.1) is 0 Å². The number of pyridine rings is 3. The second kappa shape index (κ2) is 29.7. The van der Waals surface area contributed by atoms with Crippen LogP contribution in [-0.4, -0.2) is 83.6 Å². The van der Waals surface area contributed by atoms with Crippen LogP contribution in [0.2, 0.25) is 5.02 Å². The number of halogens is 3. The van der Waals surface area contributed by atoms with Crippen molar-refractivity contribution in [3.05, 3.63) is 214 Å². The number of carbonyl (C=O) groups excluding carboxylic acids is 4. The topological polar surface area (TPSA) is 261 Å². The summed E-state index contributed by atoms with van der Waals surface area (Å²) in [5.74, 6) is -0.417. The molecule has 4 aliphatic rings. The van der Waals surface area contributed by atoms with Crippen LogP contribution in [0.1, 0.15) is 97.8 Å². The van der Waals surface area contributed by atoms with E-state index in [0.29, 0.717) is 53.9 Å². The van der Waals surface area contributed by atoms with Crippen LogP contribution >= 0.6 is 11.6 Å². The third-order valence-electron chi connectivity index (χ3n) is 16.8. The van der Waals surface area contributed by atoms with Crippen molar-refractivity contribution in [1.82, 2.24) is 25.2 Å². The number of amides is 4. The number of benzene rings is 4. The average molecular weight is 1220 g/mol. The van der Waals surface area contributed by atoms with Gasteiger partial charge < -0.3 is 51.9 Å². The Morgan fingerprint density at radius 1 is 0.690 bits per heavy atom. The molecule has 8 N–H and O–H groups in total. The van der Waals surface area contributed by atoms with Gasteiger partial charge in [-0.1, -0.05) is 122 Å². The Morgan fingerprint density at radius 2 is 1.18 bits per heavy atom. The molecule has 11 rings (SSSR count). The number of hydrogen-bond donors (Lipinski definition) is 6. The second-order valence-corrected chi connectivity index (χ2v) is 22.7. The van der Waals surface area contributed by atoms with E-state index < -0.39 is 57.9 Å². The Morgan fingerprint density at radius 3 is 1.63 bits per heavy atom. The van der Waals surface area contributed by atoms with E-state index in [1.54, 1.807) is 63.0 Å². The molecule has 2 aliphatic heterocycles. The molecule has 450 valence electrons. The van der Waals surface area contributed by atoms with E-state index in [1.165, 1.54) is 48.9 Å². The largest absolute Gasteiger partial charge is 1.00 e. The van der Waals surface area contributed by atoms with Gasteiger partial charge in [-0.25, -0.2) is 18.6 Å². The Balaban J connectivity index is 0.000000216. The van der Waals surface area contributed by atoms with Gasteiger partial charge in [-0.05, 0) is 120 Å². The minimum atomic E-state index is -1.01. The third kappa shape index (κ3) is 16.0. The van der Waals surface area contributed by atoms with Gasteiger partial charge in [-0.3, -0.25) is 29.7 Å². The predicted octanol–water partition coefficient (Wildman–Crippen LogP) is 6.34. The summed E-state index contributed by atoms with van der Waals surface area (Å²) in [6, 6.07) is 40.8. The van der Waals surface area contributed by atoms with Crippen LogP contribution in [0.25, 0.3) is 0 Å². The maximum Gasteiger partial charge on any atom is 1.00 e. The molecule has 7 aromatic rings. The summed E-state index contributed by atoms with van der Waals surface area (Å²) in [6.07, 6.45) is 13.4. The number of nitrogens with one attached hydrogen (secondary N) is 4. The van der Waals surface area contributed by atoms with Crippen LogP contribution in [0.5, 0.6) is 0 Å². The number of carbonyl (C=O) groups is 4. The van der Waals surface area contributed by atoms with Crippen molar-refractivity contribution in [1.29, 1.82) is 0 Å². The predicted molar refractivity (Wildman–Crippen MR) is 320 cm³/mol. The smallest absolute Gasteiger partial charge is 0.662 e. The van der Waals surface area contributed by atoms with Crippen molar-refractivity contribution in [2.45, 2.75) is 98.6 Å². The molecule has 3 aromatic heterocycles. The van der Waals surface area contributed by atoms with E-state index in [1.807, 2.05) is 97.1 Å². The van der Waals surface area contributed by atoms with Crippen molar-refractivity contribution < 1.29 is 77.1 Å². The molecule has 87 heavy (non-hydrogen) atoms. The van der Waals surface area contributed by atoms with Crippen molar-refractivity contribution >= 4 is 53.1 Å². The minimum Gasteiger partial charge on any atom is -0.662 e. The van der Waals surface area contributed by atoms with Gasteiger partial charge >= 0.3 is 35.6 Å². The molecule has 2 unspecified atom stereocenters. The van der Waals surface area contributed by atoms with Crippen LogP contribution in [-0.2, 0) is 51.0 Å². The number of urea groups is 1. The Kier molecular flexibility index (Phi) is 22.5. The molecule has 2 saturated carbocycles. The maximum atomic E-state index is 15.4. The minimum absolute atomic E-state index is 0. The van der Waals surface area contributed by atoms with E-state index in [9.17, 15) is 18.8 Å². The van der Waals surface area contributed by atoms with Crippen LogP contribution in [0.3, 0.4) is 0 Å². The van der Waals surface area contributed by atoms with E-state index in [-0.39, 0.29) is 72.1 Å². The molecule has 0 bridgehead atoms. The zero-order valence-electron chi connectivity index (χ0n) is 48.8. The average Bonchev–Trinajstić information content (AvgIpc) is 2.39. The monoisotopic (exact) mass is 1210 g/mol. The normalized spacial score (nSPS) is 20.8. The number of hydrogen-bond acceptors (Lipinski definition) is 14. The summed E-state index contributed by atoms with van der Waals surface area (Å²) in [5.41, 5.74) is 15.2. The first-order chi connectivity index (χ1) is 41.5. The van der Waals surface area contributed by atoms with Gasteiger partial charge in [0.15, 0.2) is 0 Å². The van der Waals surface area contributed by atoms with E-state index in [0.717, 1.165) is 35.2 Å². The molecule has 5 heterocycles. The molecule has 4 aromatic carbocycles. The SMILES string of the molecule is CO[C@@]1(c2ccccc2)CN[C@@H](C(=O)Nc2cc(C(N)(CCC3CC3)c3ccccn3)ccc2F)C1.CO[C@]1(c2ccccc2)C[C@H](C(=O)Nc2cc(C(N)(CCC3CC3)c3ccccn3)ccc2F)N(C(=O)Nc2ccc(Cl)cn2)C1.O=CO[O-].[Na+]. The number of nitrogens with zero attached hydrogens (tertiary/aromatic N) is 4. The Hall–Kier alpha value is -7.08. The van der Waals surface area contributed by atoms with Crippen molar-refractivity contribution in [2.24, 2.45) is 23.3 Å². The summed E-state index contributed by atoms with van der Waals surface area (Å²) in [6.45, 7) is 0.376. The van der Waals surface area contributed by atoms with Crippen LogP contribution in [0.4, 0.5) is 30.8 Å². The quantitative estimate of drug-likeness (QED) is 0.0211. The van der Waals surface area contributed by atoms with Crippen LogP contribution < -0.4 is 67.5 Å². The van der Waals surface area contributed by atoms with Gasteiger partial charge in [-0.2, -0.15) is 0 Å². The van der Waals surface area contributed by atoms with Gasteiger partial charge in [0.25, 0.3) is 6.47 Å². The summed E-state index contributed by atoms with van der Waals surface area (Å²) >= 11 is 5.96. The molecule has 2 aliphatic carbocycles. The zero-order chi connectivity index (χ0) is 60.9. The standard InChI is InChI=1S/C35H36ClFN6O3.C29H33FN4O2.CH2O3.Na/c1-46-34(24-7-3-2-4-8-24)20-29(43(22-34)33(45)42-31-15-13-26(36)21-40-31)32(44)41-28-19-25(12-14-27(28)37)35(38,17-16-23-10-11-23)30-9-5-6-18-39-30;1-36-28(21-7-3-2-4-8-21)18-25(33-19-28)27(35)34-24-17-22(12-13-23(24)30)29(31,15-14-20-10-11-20)26-9-5-6-16-32-26;2-1-4-3;/h2-9,12-15,18-19,21,23,29H,10-11,16-17,20,22,38H2,1H3,(H,41,44)(H,40,42,45);2-9,12-13,16-17,20,25,33H,10-11,14-15,18-19,31H2,1H3,(H,34,35);1,3H;/q;;;+1/p-1/t29-,34-,35?;25-,28-,29?;;/m11../s1. The molecule has 2 saturated heterocycles. The number of methoxy groups -OCH3 is 2. The van der Waals surface area contributed by atoms with Crippen molar-refractivity contribution in [2.75, 3.05) is 43.3 Å². The molecule has 4 fully saturated rings. The van der Waals surface area contributed by atoms with E-state index in [4.69, 9.17) is 42.6 Å². The van der Waals surface area contributed by atoms with Crippen molar-refractivity contribution in [3.8, 4) is 0 Å². The molecular weight excluding hydrogens is 1150 g/mol. The molecular formula is C65H70ClF2N10NaO8. The van der Waals surface area contributed by atoms with Gasteiger partial charge in [0, 0.05) is 52.2 Å². The number of ether oxygens (including phenoxy) is 2. The van der Waals surface area contributed by atoms with E-state index >= 15 is 4.39 Å². The van der Waals surface area contributed by atoms with Gasteiger partial charge in [0.05, 0.1) is 51.4 Å². The van der Waals surface area contributed by atoms with Gasteiger partial charge in [0.1, 0.15) is 34.7 Å². The van der Waals surface area contributed by atoms with Crippen molar-refractivity contribution in [3.63, 3.8) is 0 Å². The summed E-state index contributed by atoms with van der Waals surface area (Å²) in [4.78, 5) is 66.8. The second-order valence-electron chi connectivity index (χ2n) is 22.3. The summed E-state index contributed by atoms with van der Waals surface area (Å²) in [5, 5.41) is 20.4. The fourth-order valence-electron chi connectivity index (χ4n) is 11.4. The number of rotatable bonds is 20. The molecule has 22 heteroatoms. The number of likely N-dealkylation sites (tertiary alicyclic amines) is 1. The van der Waals surface area contributed by atoms with Crippen LogP contribution in [0.15, 0.2) is 164 Å².